The molecule has 3 nitrogen and oxygen atoms in total. The molecule has 0 bridgehead atoms. The van der Waals surface area contributed by atoms with Crippen LogP contribution in [0, 0.1) is 0 Å². The number of hydrogen-bond donors (Lipinski definition) is 0. The number of likely N-dealkylation sites (tertiary alicyclic amines) is 1. The first kappa shape index (κ1) is 13.1. The van der Waals surface area contributed by atoms with Crippen molar-refractivity contribution in [1.29, 1.82) is 0 Å². The summed E-state index contributed by atoms with van der Waals surface area (Å²) in [4.78, 5) is 12.7. The number of amides is 1. The fourth-order valence-corrected chi connectivity index (χ4v) is 1.92. The Labute approximate surface area is 108 Å². The van der Waals surface area contributed by atoms with E-state index in [0.29, 0.717) is 18.1 Å². The molecular weight excluding hydrogens is 264 g/mol. The van der Waals surface area contributed by atoms with E-state index < -0.39 is 12.0 Å². The molecule has 0 spiro atoms. The van der Waals surface area contributed by atoms with Crippen LogP contribution in [0.15, 0.2) is 24.3 Å². The fourth-order valence-electron chi connectivity index (χ4n) is 1.80. The van der Waals surface area contributed by atoms with E-state index in [1.165, 1.54) is 24.3 Å². The predicted octanol–water partition coefficient (Wildman–Crippen LogP) is 2.93. The van der Waals surface area contributed by atoms with Gasteiger partial charge in [0.05, 0.1) is 0 Å². The Hall–Kier alpha value is -1.36. The number of halogens is 3. The zero-order valence-corrected chi connectivity index (χ0v) is 10.3. The standard InChI is InChI=1S/C12H12ClF2NO2/c13-9-3-5-10(6-4-9)18-12(14,15)11(17)16-7-1-2-8-16/h3-6H,1-2,7-8H2. The van der Waals surface area contributed by atoms with E-state index in [2.05, 4.69) is 4.74 Å². The Bertz CT molecular complexity index is 430. The monoisotopic (exact) mass is 275 g/mol. The van der Waals surface area contributed by atoms with Crippen LogP contribution >= 0.6 is 11.6 Å². The molecule has 1 aliphatic rings. The van der Waals surface area contributed by atoms with E-state index in [1.807, 2.05) is 0 Å². The molecule has 1 aliphatic heterocycles. The molecule has 1 amide bonds. The number of hydrogen-bond acceptors (Lipinski definition) is 2. The average Bonchev–Trinajstić information content (AvgIpc) is 2.84. The summed E-state index contributed by atoms with van der Waals surface area (Å²) in [5.74, 6) is -1.37. The zero-order chi connectivity index (χ0) is 13.2. The third kappa shape index (κ3) is 2.90. The highest BCUT2D eigenvalue weighted by atomic mass is 35.5. The molecule has 1 heterocycles. The van der Waals surface area contributed by atoms with Crippen LogP contribution in [0.25, 0.3) is 0 Å². The molecule has 0 unspecified atom stereocenters. The van der Waals surface area contributed by atoms with Crippen molar-refractivity contribution >= 4 is 17.5 Å². The zero-order valence-electron chi connectivity index (χ0n) is 9.54. The minimum atomic E-state index is -3.84. The normalized spacial score (nSPS) is 15.8. The Morgan fingerprint density at radius 1 is 1.22 bits per heavy atom. The Morgan fingerprint density at radius 2 is 1.78 bits per heavy atom. The van der Waals surface area contributed by atoms with Crippen LogP contribution < -0.4 is 4.74 Å². The fraction of sp³-hybridized carbons (Fsp3) is 0.417. The molecule has 1 aromatic rings. The molecule has 1 saturated heterocycles. The van der Waals surface area contributed by atoms with E-state index in [9.17, 15) is 13.6 Å². The maximum atomic E-state index is 13.6. The van der Waals surface area contributed by atoms with Gasteiger partial charge < -0.3 is 9.64 Å². The second-order valence-electron chi connectivity index (χ2n) is 4.07. The van der Waals surface area contributed by atoms with Gasteiger partial charge in [-0.15, -0.1) is 0 Å². The molecular formula is C12H12ClF2NO2. The van der Waals surface area contributed by atoms with E-state index in [-0.39, 0.29) is 5.75 Å². The predicted molar refractivity (Wildman–Crippen MR) is 62.8 cm³/mol. The van der Waals surface area contributed by atoms with Crippen LogP contribution in [0.5, 0.6) is 5.75 Å². The SMILES string of the molecule is O=C(N1CCCC1)C(F)(F)Oc1ccc(Cl)cc1. The second kappa shape index (κ2) is 5.10. The summed E-state index contributed by atoms with van der Waals surface area (Å²) in [5.41, 5.74) is 0. The number of alkyl halides is 2. The van der Waals surface area contributed by atoms with Gasteiger partial charge in [-0.05, 0) is 37.1 Å². The average molecular weight is 276 g/mol. The van der Waals surface area contributed by atoms with Crippen molar-refractivity contribution in [3.8, 4) is 5.75 Å². The van der Waals surface area contributed by atoms with Gasteiger partial charge in [0.25, 0.3) is 0 Å². The van der Waals surface area contributed by atoms with Crippen molar-refractivity contribution in [2.24, 2.45) is 0 Å². The van der Waals surface area contributed by atoms with Gasteiger partial charge in [-0.3, -0.25) is 4.79 Å². The van der Waals surface area contributed by atoms with Crippen LogP contribution in [0.1, 0.15) is 12.8 Å². The van der Waals surface area contributed by atoms with Crippen molar-refractivity contribution in [3.05, 3.63) is 29.3 Å². The lowest BCUT2D eigenvalue weighted by atomic mass is 10.3. The van der Waals surface area contributed by atoms with Crippen molar-refractivity contribution in [2.75, 3.05) is 13.1 Å². The number of carbonyl (C=O) groups excluding carboxylic acids is 1. The van der Waals surface area contributed by atoms with Gasteiger partial charge in [-0.25, -0.2) is 0 Å². The largest absolute Gasteiger partial charge is 0.482 e. The molecule has 0 saturated carbocycles. The minimum Gasteiger partial charge on any atom is -0.425 e. The smallest absolute Gasteiger partial charge is 0.425 e. The molecule has 2 rings (SSSR count). The van der Waals surface area contributed by atoms with Crippen molar-refractivity contribution in [3.63, 3.8) is 0 Å². The molecule has 1 aromatic carbocycles. The summed E-state index contributed by atoms with van der Waals surface area (Å²) in [7, 11) is 0. The maximum Gasteiger partial charge on any atom is 0.482 e. The van der Waals surface area contributed by atoms with Crippen LogP contribution in [0.3, 0.4) is 0 Å². The van der Waals surface area contributed by atoms with Crippen LogP contribution in [-0.2, 0) is 4.79 Å². The van der Waals surface area contributed by atoms with Gasteiger partial charge in [0, 0.05) is 18.1 Å². The minimum absolute atomic E-state index is 0.0862. The Kier molecular flexibility index (Phi) is 3.71. The number of benzene rings is 1. The highest BCUT2D eigenvalue weighted by Crippen LogP contribution is 2.26. The van der Waals surface area contributed by atoms with Crippen molar-refractivity contribution in [2.45, 2.75) is 19.0 Å². The lowest BCUT2D eigenvalue weighted by Gasteiger charge is -2.22. The van der Waals surface area contributed by atoms with E-state index in [4.69, 9.17) is 11.6 Å². The lowest BCUT2D eigenvalue weighted by Crippen LogP contribution is -2.45. The quantitative estimate of drug-likeness (QED) is 0.849. The molecule has 0 atom stereocenters. The topological polar surface area (TPSA) is 29.5 Å². The molecule has 1 fully saturated rings. The molecule has 98 valence electrons. The Balaban J connectivity index is 2.05. The van der Waals surface area contributed by atoms with Crippen LogP contribution in [0.4, 0.5) is 8.78 Å². The number of rotatable bonds is 3. The van der Waals surface area contributed by atoms with Gasteiger partial charge >= 0.3 is 12.0 Å². The molecule has 0 aromatic heterocycles. The molecule has 0 aliphatic carbocycles. The second-order valence-corrected chi connectivity index (χ2v) is 4.51. The van der Waals surface area contributed by atoms with Crippen LogP contribution in [-0.4, -0.2) is 30.0 Å². The molecule has 0 N–H and O–H groups in total. The van der Waals surface area contributed by atoms with Gasteiger partial charge in [-0.1, -0.05) is 11.6 Å². The number of ether oxygens (including phenoxy) is 1. The highest BCUT2D eigenvalue weighted by molar-refractivity contribution is 6.30. The van der Waals surface area contributed by atoms with Gasteiger partial charge in [0.1, 0.15) is 5.75 Å². The molecule has 6 heteroatoms. The van der Waals surface area contributed by atoms with Crippen LogP contribution in [0.2, 0.25) is 5.02 Å². The summed E-state index contributed by atoms with van der Waals surface area (Å²) in [6, 6.07) is 5.45. The summed E-state index contributed by atoms with van der Waals surface area (Å²) >= 11 is 5.63. The van der Waals surface area contributed by atoms with Crippen molar-refractivity contribution in [1.82, 2.24) is 4.90 Å². The van der Waals surface area contributed by atoms with Crippen molar-refractivity contribution < 1.29 is 18.3 Å². The summed E-state index contributed by atoms with van der Waals surface area (Å²) < 4.78 is 31.7. The van der Waals surface area contributed by atoms with E-state index >= 15 is 0 Å². The van der Waals surface area contributed by atoms with E-state index in [0.717, 1.165) is 17.7 Å². The van der Waals surface area contributed by atoms with Gasteiger partial charge in [-0.2, -0.15) is 8.78 Å². The third-order valence-electron chi connectivity index (χ3n) is 2.70. The first-order valence-electron chi connectivity index (χ1n) is 5.61. The van der Waals surface area contributed by atoms with Gasteiger partial charge in [0.2, 0.25) is 0 Å². The first-order chi connectivity index (χ1) is 8.49. The summed E-state index contributed by atoms with van der Waals surface area (Å²) in [6.45, 7) is 0.719. The lowest BCUT2D eigenvalue weighted by molar-refractivity contribution is -0.202. The Morgan fingerprint density at radius 3 is 2.33 bits per heavy atom. The maximum absolute atomic E-state index is 13.6. The summed E-state index contributed by atoms with van der Waals surface area (Å²) in [6.07, 6.45) is -2.33. The first-order valence-corrected chi connectivity index (χ1v) is 5.98. The summed E-state index contributed by atoms with van der Waals surface area (Å²) in [5, 5.41) is 0.413. The van der Waals surface area contributed by atoms with Gasteiger partial charge in [0.15, 0.2) is 0 Å². The number of carbonyl (C=O) groups is 1. The molecule has 0 radical (unpaired) electrons. The highest BCUT2D eigenvalue weighted by Gasteiger charge is 2.45. The third-order valence-corrected chi connectivity index (χ3v) is 2.95. The van der Waals surface area contributed by atoms with E-state index in [1.54, 1.807) is 0 Å². The number of nitrogens with zero attached hydrogens (tertiary/aromatic N) is 1. The molecule has 18 heavy (non-hydrogen) atoms.